The number of methoxy groups -OCH3 is 1. The van der Waals surface area contributed by atoms with Gasteiger partial charge >= 0.3 is 5.97 Å². The van der Waals surface area contributed by atoms with Crippen molar-refractivity contribution in [3.05, 3.63) is 53.8 Å². The van der Waals surface area contributed by atoms with E-state index in [0.717, 1.165) is 0 Å². The number of carbonyl (C=O) groups is 1. The molecular weight excluding hydrogens is 247 g/mol. The summed E-state index contributed by atoms with van der Waals surface area (Å²) in [5, 5.41) is 2.82. The van der Waals surface area contributed by atoms with Crippen molar-refractivity contribution in [1.29, 1.82) is 0 Å². The molecule has 2 rings (SSSR count). The number of esters is 1. The molecular formula is C14H13FN2O2. The van der Waals surface area contributed by atoms with Crippen molar-refractivity contribution in [1.82, 2.24) is 0 Å². The first kappa shape index (κ1) is 12.9. The highest BCUT2D eigenvalue weighted by molar-refractivity contribution is 5.99. The van der Waals surface area contributed by atoms with Crippen LogP contribution >= 0.6 is 0 Å². The fraction of sp³-hybridized carbons (Fsp3) is 0.0714. The topological polar surface area (TPSA) is 64.3 Å². The van der Waals surface area contributed by atoms with Crippen molar-refractivity contribution in [2.75, 3.05) is 18.2 Å². The Bertz CT molecular complexity index is 614. The van der Waals surface area contributed by atoms with E-state index in [0.29, 0.717) is 11.4 Å². The molecule has 0 spiro atoms. The minimum Gasteiger partial charge on any atom is -0.465 e. The Morgan fingerprint density at radius 1 is 1.21 bits per heavy atom. The molecule has 0 aliphatic carbocycles. The average Bonchev–Trinajstić information content (AvgIpc) is 2.42. The zero-order valence-electron chi connectivity index (χ0n) is 10.3. The third-order valence-corrected chi connectivity index (χ3v) is 2.64. The number of nitrogens with two attached hydrogens (primary N) is 1. The number of benzene rings is 2. The van der Waals surface area contributed by atoms with E-state index in [4.69, 9.17) is 5.73 Å². The standard InChI is InChI=1S/C14H13FN2O2/c1-19-14(18)9-5-4-7-11(16)13(9)17-12-8-3-2-6-10(12)15/h2-8,17H,16H2,1H3. The van der Waals surface area contributed by atoms with Crippen LogP contribution in [0.1, 0.15) is 10.4 Å². The summed E-state index contributed by atoms with van der Waals surface area (Å²) in [7, 11) is 1.28. The molecule has 0 aromatic heterocycles. The summed E-state index contributed by atoms with van der Waals surface area (Å²) in [6.45, 7) is 0. The average molecular weight is 260 g/mol. The van der Waals surface area contributed by atoms with Crippen LogP contribution in [0.3, 0.4) is 0 Å². The van der Waals surface area contributed by atoms with Crippen LogP contribution in [0, 0.1) is 5.82 Å². The highest BCUT2D eigenvalue weighted by atomic mass is 19.1. The zero-order valence-corrected chi connectivity index (χ0v) is 10.3. The quantitative estimate of drug-likeness (QED) is 0.658. The minimum atomic E-state index is -0.536. The van der Waals surface area contributed by atoms with Crippen molar-refractivity contribution < 1.29 is 13.9 Å². The first-order valence-corrected chi connectivity index (χ1v) is 5.62. The lowest BCUT2D eigenvalue weighted by molar-refractivity contribution is 0.0602. The smallest absolute Gasteiger partial charge is 0.340 e. The molecule has 0 radical (unpaired) electrons. The van der Waals surface area contributed by atoms with Crippen LogP contribution < -0.4 is 11.1 Å². The van der Waals surface area contributed by atoms with Gasteiger partial charge in [-0.3, -0.25) is 0 Å². The second kappa shape index (κ2) is 5.39. The van der Waals surface area contributed by atoms with E-state index < -0.39 is 11.8 Å². The molecule has 0 unspecified atom stereocenters. The van der Waals surface area contributed by atoms with Gasteiger partial charge in [0.15, 0.2) is 0 Å². The van der Waals surface area contributed by atoms with Crippen LogP contribution in [-0.2, 0) is 4.74 Å². The Kier molecular flexibility index (Phi) is 3.66. The fourth-order valence-electron chi connectivity index (χ4n) is 1.69. The number of halogens is 1. The summed E-state index contributed by atoms with van der Waals surface area (Å²) in [6, 6.07) is 11.0. The normalized spacial score (nSPS) is 10.0. The molecule has 0 aliphatic heterocycles. The lowest BCUT2D eigenvalue weighted by atomic mass is 10.1. The third kappa shape index (κ3) is 2.65. The van der Waals surface area contributed by atoms with Gasteiger partial charge in [-0.2, -0.15) is 0 Å². The monoisotopic (exact) mass is 260 g/mol. The highest BCUT2D eigenvalue weighted by Crippen LogP contribution is 2.28. The first-order chi connectivity index (χ1) is 9.13. The number of rotatable bonds is 3. The van der Waals surface area contributed by atoms with Crippen molar-refractivity contribution in [2.24, 2.45) is 0 Å². The summed E-state index contributed by atoms with van der Waals surface area (Å²) in [6.07, 6.45) is 0. The van der Waals surface area contributed by atoms with Gasteiger partial charge in [-0.25, -0.2) is 9.18 Å². The predicted octanol–water partition coefficient (Wildman–Crippen LogP) is 2.94. The second-order valence-electron chi connectivity index (χ2n) is 3.87. The molecule has 0 atom stereocenters. The Hall–Kier alpha value is -2.56. The number of anilines is 3. The summed E-state index contributed by atoms with van der Waals surface area (Å²) < 4.78 is 18.3. The number of hydrogen-bond acceptors (Lipinski definition) is 4. The van der Waals surface area contributed by atoms with E-state index >= 15 is 0 Å². The Labute approximate surface area is 110 Å². The van der Waals surface area contributed by atoms with Crippen LogP contribution in [0.15, 0.2) is 42.5 Å². The molecule has 0 heterocycles. The van der Waals surface area contributed by atoms with Crippen LogP contribution in [0.5, 0.6) is 0 Å². The zero-order chi connectivity index (χ0) is 13.8. The Balaban J connectivity index is 2.45. The van der Waals surface area contributed by atoms with Gasteiger partial charge in [0.05, 0.1) is 29.7 Å². The van der Waals surface area contributed by atoms with Crippen molar-refractivity contribution >= 4 is 23.0 Å². The predicted molar refractivity (Wildman–Crippen MR) is 71.9 cm³/mol. The maximum Gasteiger partial charge on any atom is 0.340 e. The summed E-state index contributed by atoms with van der Waals surface area (Å²) in [5.74, 6) is -0.965. The number of carbonyl (C=O) groups excluding carboxylic acids is 1. The summed E-state index contributed by atoms with van der Waals surface area (Å²) in [5.41, 5.74) is 6.99. The lowest BCUT2D eigenvalue weighted by Crippen LogP contribution is -2.08. The minimum absolute atomic E-state index is 0.241. The molecule has 0 amide bonds. The SMILES string of the molecule is COC(=O)c1cccc(N)c1Nc1ccccc1F. The molecule has 2 aromatic carbocycles. The molecule has 0 saturated carbocycles. The molecule has 0 aliphatic rings. The maximum absolute atomic E-state index is 13.6. The molecule has 0 fully saturated rings. The Morgan fingerprint density at radius 3 is 2.63 bits per heavy atom. The molecule has 5 heteroatoms. The number of ether oxygens (including phenoxy) is 1. The van der Waals surface area contributed by atoms with E-state index in [1.807, 2.05) is 0 Å². The van der Waals surface area contributed by atoms with Gasteiger partial charge in [0, 0.05) is 0 Å². The molecule has 3 N–H and O–H groups in total. The van der Waals surface area contributed by atoms with Gasteiger partial charge in [-0.05, 0) is 24.3 Å². The molecule has 0 bridgehead atoms. The highest BCUT2D eigenvalue weighted by Gasteiger charge is 2.15. The fourth-order valence-corrected chi connectivity index (χ4v) is 1.69. The molecule has 4 nitrogen and oxygen atoms in total. The Morgan fingerprint density at radius 2 is 1.95 bits per heavy atom. The van der Waals surface area contributed by atoms with E-state index in [9.17, 15) is 9.18 Å². The molecule has 98 valence electrons. The largest absolute Gasteiger partial charge is 0.465 e. The first-order valence-electron chi connectivity index (χ1n) is 5.62. The van der Waals surface area contributed by atoms with Crippen molar-refractivity contribution in [3.8, 4) is 0 Å². The van der Waals surface area contributed by atoms with Crippen molar-refractivity contribution in [2.45, 2.75) is 0 Å². The van der Waals surface area contributed by atoms with Crippen LogP contribution in [0.25, 0.3) is 0 Å². The number of nitrogen functional groups attached to an aromatic ring is 1. The maximum atomic E-state index is 13.6. The number of nitrogens with one attached hydrogen (secondary N) is 1. The van der Waals surface area contributed by atoms with Gasteiger partial charge < -0.3 is 15.8 Å². The van der Waals surface area contributed by atoms with E-state index in [1.165, 1.54) is 13.2 Å². The van der Waals surface area contributed by atoms with Gasteiger partial charge in [0.2, 0.25) is 0 Å². The van der Waals surface area contributed by atoms with Crippen molar-refractivity contribution in [3.63, 3.8) is 0 Å². The van der Waals surface area contributed by atoms with Crippen LogP contribution in [0.2, 0.25) is 0 Å². The van der Waals surface area contributed by atoms with E-state index in [1.54, 1.807) is 36.4 Å². The molecule has 19 heavy (non-hydrogen) atoms. The number of para-hydroxylation sites is 2. The van der Waals surface area contributed by atoms with E-state index in [-0.39, 0.29) is 11.3 Å². The number of hydrogen-bond donors (Lipinski definition) is 2. The van der Waals surface area contributed by atoms with Gasteiger partial charge in [0.25, 0.3) is 0 Å². The summed E-state index contributed by atoms with van der Waals surface area (Å²) in [4.78, 5) is 11.7. The molecule has 0 saturated heterocycles. The van der Waals surface area contributed by atoms with E-state index in [2.05, 4.69) is 10.1 Å². The van der Waals surface area contributed by atoms with Gasteiger partial charge in [-0.1, -0.05) is 18.2 Å². The van der Waals surface area contributed by atoms with Crippen LogP contribution in [0.4, 0.5) is 21.5 Å². The third-order valence-electron chi connectivity index (χ3n) is 2.64. The van der Waals surface area contributed by atoms with Crippen LogP contribution in [-0.4, -0.2) is 13.1 Å². The second-order valence-corrected chi connectivity index (χ2v) is 3.87. The van der Waals surface area contributed by atoms with Gasteiger partial charge in [-0.15, -0.1) is 0 Å². The lowest BCUT2D eigenvalue weighted by Gasteiger charge is -2.13. The van der Waals surface area contributed by atoms with Gasteiger partial charge in [0.1, 0.15) is 5.82 Å². The summed E-state index contributed by atoms with van der Waals surface area (Å²) >= 11 is 0. The molecule has 2 aromatic rings.